The second kappa shape index (κ2) is 19.8. The Bertz CT molecular complexity index is 1940. The molecule has 4 atom stereocenters. The topological polar surface area (TPSA) is 230 Å². The zero-order chi connectivity index (χ0) is 42.0. The number of thioether (sulfide) groups is 1. The molecule has 1 aliphatic rings. The number of likely N-dealkylation sites (tertiary alicyclic amines) is 1. The number of nitrogens with zero attached hydrogens (tertiary/aromatic N) is 3. The minimum absolute atomic E-state index is 0.0307. The second-order valence-corrected chi connectivity index (χ2v) is 16.0. The lowest BCUT2D eigenvalue weighted by molar-refractivity contribution is -0.142. The van der Waals surface area contributed by atoms with Gasteiger partial charge in [-0.2, -0.15) is 0 Å². The van der Waals surface area contributed by atoms with Gasteiger partial charge in [-0.25, -0.2) is 8.78 Å². The van der Waals surface area contributed by atoms with Crippen LogP contribution in [0.4, 0.5) is 8.78 Å². The highest BCUT2D eigenvalue weighted by molar-refractivity contribution is 8.00. The van der Waals surface area contributed by atoms with E-state index in [0.29, 0.717) is 17.8 Å². The summed E-state index contributed by atoms with van der Waals surface area (Å²) >= 11 is 0.934. The first-order valence-corrected chi connectivity index (χ1v) is 19.3. The molecule has 15 nitrogen and oxygen atoms in total. The number of imide groups is 1. The summed E-state index contributed by atoms with van der Waals surface area (Å²) in [6.07, 6.45) is 1.47. The van der Waals surface area contributed by atoms with Crippen LogP contribution in [0.25, 0.3) is 11.1 Å². The molecule has 0 bridgehead atoms. The monoisotopic (exact) mass is 813 g/mol. The number of halogens is 2. The fourth-order valence-electron chi connectivity index (χ4n) is 6.47. The lowest BCUT2D eigenvalue weighted by Gasteiger charge is -2.41. The molecule has 3 aromatic rings. The van der Waals surface area contributed by atoms with Crippen molar-refractivity contribution in [3.8, 4) is 11.1 Å². The summed E-state index contributed by atoms with van der Waals surface area (Å²) in [7, 11) is 0. The molecule has 2 aromatic carbocycles. The number of rotatable bonds is 19. The lowest BCUT2D eigenvalue weighted by atomic mass is 9.82. The Morgan fingerprint density at radius 1 is 1.00 bits per heavy atom. The maximum Gasteiger partial charge on any atom is 0.321 e. The fraction of sp³-hybridized carbons (Fsp3) is 0.436. The van der Waals surface area contributed by atoms with Gasteiger partial charge in [-0.05, 0) is 41.7 Å². The number of aliphatic carboxylic acids is 1. The maximum absolute atomic E-state index is 15.0. The molecular formula is C39H49F2N7O8S. The predicted molar refractivity (Wildman–Crippen MR) is 208 cm³/mol. The molecule has 4 rings (SSSR count). The van der Waals surface area contributed by atoms with E-state index in [9.17, 15) is 38.3 Å². The summed E-state index contributed by atoms with van der Waals surface area (Å²) < 4.78 is 31.2. The van der Waals surface area contributed by atoms with Gasteiger partial charge in [-0.3, -0.25) is 33.7 Å². The highest BCUT2D eigenvalue weighted by Crippen LogP contribution is 2.41. The number of aromatic nitrogens is 1. The number of amides is 5. The number of benzene rings is 2. The Morgan fingerprint density at radius 2 is 1.68 bits per heavy atom. The Morgan fingerprint density at radius 3 is 2.33 bits per heavy atom. The molecule has 1 fully saturated rings. The summed E-state index contributed by atoms with van der Waals surface area (Å²) in [6.45, 7) is 4.43. The number of carbonyl (C=O) groups excluding carboxylic acids is 5. The second-order valence-electron chi connectivity index (χ2n) is 14.7. The number of carboxylic acid groups (broad SMARTS) is 1. The van der Waals surface area contributed by atoms with E-state index in [1.165, 1.54) is 4.90 Å². The van der Waals surface area contributed by atoms with E-state index < -0.39 is 89.1 Å². The average Bonchev–Trinajstić information content (AvgIpc) is 3.68. The van der Waals surface area contributed by atoms with Crippen molar-refractivity contribution in [2.75, 3.05) is 38.5 Å². The summed E-state index contributed by atoms with van der Waals surface area (Å²) in [4.78, 5) is 77.1. The quantitative estimate of drug-likeness (QED) is 0.0753. The van der Waals surface area contributed by atoms with E-state index in [4.69, 9.17) is 16.6 Å². The van der Waals surface area contributed by atoms with Crippen molar-refractivity contribution in [1.29, 1.82) is 0 Å². The zero-order valence-corrected chi connectivity index (χ0v) is 32.8. The summed E-state index contributed by atoms with van der Waals surface area (Å²) in [5.74, 6) is -5.66. The molecule has 0 saturated carbocycles. The molecule has 2 heterocycles. The van der Waals surface area contributed by atoms with Gasteiger partial charge in [0, 0.05) is 61.4 Å². The number of aliphatic hydroxyl groups excluding tert-OH is 1. The Balaban J connectivity index is 1.40. The Kier molecular flexibility index (Phi) is 15.5. The van der Waals surface area contributed by atoms with Gasteiger partial charge in [0.1, 0.15) is 30.8 Å². The van der Waals surface area contributed by atoms with Crippen molar-refractivity contribution in [1.82, 2.24) is 25.0 Å². The third-order valence-electron chi connectivity index (χ3n) is 9.30. The number of hydrogen-bond acceptors (Lipinski definition) is 10. The first-order chi connectivity index (χ1) is 26.9. The third kappa shape index (κ3) is 11.9. The molecule has 18 heteroatoms. The van der Waals surface area contributed by atoms with Gasteiger partial charge in [0.05, 0.1) is 17.3 Å². The molecule has 57 heavy (non-hydrogen) atoms. The number of carbonyl (C=O) groups is 6. The highest BCUT2D eigenvalue weighted by atomic mass is 32.2. The van der Waals surface area contributed by atoms with Crippen molar-refractivity contribution in [2.45, 2.75) is 63.5 Å². The fourth-order valence-corrected chi connectivity index (χ4v) is 7.58. The van der Waals surface area contributed by atoms with Crippen molar-refractivity contribution in [3.05, 3.63) is 83.7 Å². The van der Waals surface area contributed by atoms with Gasteiger partial charge >= 0.3 is 5.97 Å². The standard InChI is InChI=1S/C39H49F2N7O8S/c1-39(2,3)35(30-15-24(26-16-25(40)9-10-27(26)41)19-46(30)18-23-7-5-4-6-8-23)47(34(52)21-49)14-11-28(42)36(53)45-13-12-44-32(50)20-48-33(51)17-31(37(48)54)57-22-29(43)38(55)56/h4-10,15-16,19,28-29,31,35,49H,11-14,17-18,20-22,42-43H2,1-3H3,(H,44,50)(H,45,53)(H,55,56). The van der Waals surface area contributed by atoms with Gasteiger partial charge in [-0.1, -0.05) is 51.1 Å². The minimum Gasteiger partial charge on any atom is -0.480 e. The van der Waals surface area contributed by atoms with Crippen LogP contribution in [-0.4, -0.2) is 116 Å². The van der Waals surface area contributed by atoms with Crippen LogP contribution in [-0.2, 0) is 35.3 Å². The molecule has 0 spiro atoms. The first kappa shape index (κ1) is 44.5. The van der Waals surface area contributed by atoms with Gasteiger partial charge < -0.3 is 41.8 Å². The predicted octanol–water partition coefficient (Wildman–Crippen LogP) is 1.61. The van der Waals surface area contributed by atoms with Gasteiger partial charge in [-0.15, -0.1) is 11.8 Å². The maximum atomic E-state index is 15.0. The number of nitrogens with one attached hydrogen (secondary N) is 2. The Hall–Kier alpha value is -5.17. The van der Waals surface area contributed by atoms with Crippen molar-refractivity contribution in [3.63, 3.8) is 0 Å². The van der Waals surface area contributed by atoms with E-state index in [2.05, 4.69) is 10.6 Å². The minimum atomic E-state index is -1.24. The lowest BCUT2D eigenvalue weighted by Crippen LogP contribution is -2.48. The van der Waals surface area contributed by atoms with Gasteiger partial charge in [0.25, 0.3) is 0 Å². The Labute approximate surface area is 333 Å². The van der Waals surface area contributed by atoms with Crippen molar-refractivity contribution < 1.29 is 47.8 Å². The molecule has 0 aliphatic carbocycles. The van der Waals surface area contributed by atoms with Crippen LogP contribution >= 0.6 is 11.8 Å². The zero-order valence-electron chi connectivity index (χ0n) is 32.0. The molecule has 4 unspecified atom stereocenters. The molecule has 308 valence electrons. The van der Waals surface area contributed by atoms with Crippen LogP contribution in [0.15, 0.2) is 60.8 Å². The van der Waals surface area contributed by atoms with Crippen LogP contribution in [0.5, 0.6) is 0 Å². The largest absolute Gasteiger partial charge is 0.480 e. The van der Waals surface area contributed by atoms with Gasteiger partial charge in [0.2, 0.25) is 29.5 Å². The summed E-state index contributed by atoms with van der Waals surface area (Å²) in [6, 6.07) is 11.2. The summed E-state index contributed by atoms with van der Waals surface area (Å²) in [5.41, 5.74) is 12.9. The van der Waals surface area contributed by atoms with Gasteiger partial charge in [0.15, 0.2) is 0 Å². The van der Waals surface area contributed by atoms with Crippen LogP contribution in [0.2, 0.25) is 0 Å². The van der Waals surface area contributed by atoms with Crippen LogP contribution in [0, 0.1) is 17.0 Å². The number of hydrogen-bond donors (Lipinski definition) is 6. The van der Waals surface area contributed by atoms with E-state index in [-0.39, 0.29) is 43.8 Å². The first-order valence-electron chi connectivity index (χ1n) is 18.2. The molecule has 5 amide bonds. The van der Waals surface area contributed by atoms with Crippen LogP contribution < -0.4 is 22.1 Å². The molecule has 0 radical (unpaired) electrons. The van der Waals surface area contributed by atoms with E-state index in [1.807, 2.05) is 55.7 Å². The number of aliphatic hydroxyl groups is 1. The number of carboxylic acids is 1. The summed E-state index contributed by atoms with van der Waals surface area (Å²) in [5, 5.41) is 23.3. The third-order valence-corrected chi connectivity index (χ3v) is 10.6. The molecule has 1 aliphatic heterocycles. The molecular weight excluding hydrogens is 765 g/mol. The van der Waals surface area contributed by atoms with Crippen molar-refractivity contribution >= 4 is 47.3 Å². The molecule has 1 aromatic heterocycles. The average molecular weight is 814 g/mol. The molecule has 1 saturated heterocycles. The SMILES string of the molecule is CC(C)(C)C(c1cc(-c2cc(F)ccc2F)cn1Cc1ccccc1)N(CCC(N)C(=O)NCCNC(=O)CN1C(=O)CC(SCC(N)C(=O)O)C1=O)C(=O)CO. The highest BCUT2D eigenvalue weighted by Gasteiger charge is 2.40. The smallest absolute Gasteiger partial charge is 0.321 e. The number of nitrogens with two attached hydrogens (primary N) is 2. The van der Waals surface area contributed by atoms with Crippen LogP contribution in [0.3, 0.4) is 0 Å². The van der Waals surface area contributed by atoms with E-state index >= 15 is 4.39 Å². The van der Waals surface area contributed by atoms with Crippen molar-refractivity contribution in [2.24, 2.45) is 16.9 Å². The normalized spacial score (nSPS) is 15.9. The van der Waals surface area contributed by atoms with Crippen LogP contribution in [0.1, 0.15) is 50.9 Å². The van der Waals surface area contributed by atoms with E-state index in [0.717, 1.165) is 40.4 Å². The van der Waals surface area contributed by atoms with E-state index in [1.54, 1.807) is 12.3 Å². The molecule has 8 N–H and O–H groups in total.